The molecule has 0 fully saturated rings. The van der Waals surface area contributed by atoms with Crippen LogP contribution in [0.2, 0.25) is 0 Å². The lowest BCUT2D eigenvalue weighted by atomic mass is 10.1. The zero-order chi connectivity index (χ0) is 20.1. The standard InChI is InChI=1S/C22H26N4O2.ClH/c1-15-7-9-18(10-8-15)26-14-20(22(27)24-12-11-16(2)23)21(25-26)17-5-4-6-19(13-17)28-3;/h4-10,13-14,16H,11-12,23H2,1-3H3,(H,24,27);1H. The molecule has 0 aliphatic rings. The molecular weight excluding hydrogens is 388 g/mol. The topological polar surface area (TPSA) is 82.2 Å². The van der Waals surface area contributed by atoms with Crippen LogP contribution < -0.4 is 15.8 Å². The van der Waals surface area contributed by atoms with E-state index in [1.165, 1.54) is 0 Å². The summed E-state index contributed by atoms with van der Waals surface area (Å²) in [7, 11) is 1.62. The van der Waals surface area contributed by atoms with Crippen molar-refractivity contribution < 1.29 is 9.53 Å². The Balaban J connectivity index is 0.00000300. The Morgan fingerprint density at radius 3 is 2.62 bits per heavy atom. The van der Waals surface area contributed by atoms with Crippen molar-refractivity contribution in [2.24, 2.45) is 5.73 Å². The van der Waals surface area contributed by atoms with Crippen molar-refractivity contribution >= 4 is 18.3 Å². The Hall–Kier alpha value is -2.83. The fraction of sp³-hybridized carbons (Fsp3) is 0.273. The molecule has 1 heterocycles. The molecule has 3 N–H and O–H groups in total. The number of rotatable bonds is 7. The van der Waals surface area contributed by atoms with Gasteiger partial charge in [0.1, 0.15) is 11.4 Å². The maximum atomic E-state index is 12.8. The van der Waals surface area contributed by atoms with Gasteiger partial charge in [-0.3, -0.25) is 4.79 Å². The first-order valence-corrected chi connectivity index (χ1v) is 9.33. The number of aryl methyl sites for hydroxylation is 1. The quantitative estimate of drug-likeness (QED) is 0.616. The largest absolute Gasteiger partial charge is 0.497 e. The van der Waals surface area contributed by atoms with Crippen molar-refractivity contribution in [2.75, 3.05) is 13.7 Å². The number of carbonyl (C=O) groups is 1. The predicted octanol–water partition coefficient (Wildman–Crippen LogP) is 3.75. The highest BCUT2D eigenvalue weighted by atomic mass is 35.5. The van der Waals surface area contributed by atoms with Crippen molar-refractivity contribution in [3.8, 4) is 22.7 Å². The summed E-state index contributed by atoms with van der Waals surface area (Å²) in [5.41, 5.74) is 9.78. The number of halogens is 1. The van der Waals surface area contributed by atoms with Crippen molar-refractivity contribution in [2.45, 2.75) is 26.3 Å². The Morgan fingerprint density at radius 1 is 1.24 bits per heavy atom. The lowest BCUT2D eigenvalue weighted by molar-refractivity contribution is 0.0953. The molecule has 7 heteroatoms. The van der Waals surface area contributed by atoms with Crippen molar-refractivity contribution in [3.63, 3.8) is 0 Å². The summed E-state index contributed by atoms with van der Waals surface area (Å²) in [5, 5.41) is 7.64. The molecule has 0 saturated carbocycles. The van der Waals surface area contributed by atoms with Crippen LogP contribution in [0.1, 0.15) is 29.3 Å². The van der Waals surface area contributed by atoms with E-state index in [0.29, 0.717) is 30.0 Å². The maximum absolute atomic E-state index is 12.8. The van der Waals surface area contributed by atoms with E-state index in [0.717, 1.165) is 16.8 Å². The van der Waals surface area contributed by atoms with E-state index in [1.807, 2.05) is 62.4 Å². The van der Waals surface area contributed by atoms with Gasteiger partial charge in [-0.2, -0.15) is 5.10 Å². The molecule has 0 radical (unpaired) electrons. The van der Waals surface area contributed by atoms with Crippen molar-refractivity contribution in [1.82, 2.24) is 15.1 Å². The van der Waals surface area contributed by atoms with Crippen LogP contribution in [0.4, 0.5) is 0 Å². The van der Waals surface area contributed by atoms with Crippen LogP contribution >= 0.6 is 12.4 Å². The summed E-state index contributed by atoms with van der Waals surface area (Å²) in [6.45, 7) is 4.47. The molecule has 0 aliphatic carbocycles. The van der Waals surface area contributed by atoms with E-state index in [9.17, 15) is 4.79 Å². The minimum absolute atomic E-state index is 0. The maximum Gasteiger partial charge on any atom is 0.255 e. The zero-order valence-electron chi connectivity index (χ0n) is 16.9. The summed E-state index contributed by atoms with van der Waals surface area (Å²) < 4.78 is 7.05. The first-order valence-electron chi connectivity index (χ1n) is 9.33. The van der Waals surface area contributed by atoms with E-state index in [-0.39, 0.29) is 24.4 Å². The lowest BCUT2D eigenvalue weighted by Gasteiger charge is -2.08. The minimum atomic E-state index is -0.170. The summed E-state index contributed by atoms with van der Waals surface area (Å²) in [6, 6.07) is 15.6. The molecule has 1 aromatic heterocycles. The van der Waals surface area contributed by atoms with Gasteiger partial charge in [0.2, 0.25) is 0 Å². The van der Waals surface area contributed by atoms with Gasteiger partial charge in [0, 0.05) is 24.3 Å². The molecule has 2 aromatic carbocycles. The monoisotopic (exact) mass is 414 g/mol. The van der Waals surface area contributed by atoms with Gasteiger partial charge in [-0.15, -0.1) is 12.4 Å². The Bertz CT molecular complexity index is 952. The number of methoxy groups -OCH3 is 1. The van der Waals surface area contributed by atoms with Crippen molar-refractivity contribution in [3.05, 3.63) is 65.9 Å². The number of carbonyl (C=O) groups excluding carboxylic acids is 1. The molecule has 0 aliphatic heterocycles. The molecule has 1 unspecified atom stereocenters. The molecule has 29 heavy (non-hydrogen) atoms. The highest BCUT2D eigenvalue weighted by molar-refractivity contribution is 6.00. The molecular formula is C22H27ClN4O2. The number of nitrogens with one attached hydrogen (secondary N) is 1. The van der Waals surface area contributed by atoms with Gasteiger partial charge in [0.05, 0.1) is 18.4 Å². The third kappa shape index (κ3) is 5.59. The van der Waals surface area contributed by atoms with Crippen LogP contribution in [-0.2, 0) is 0 Å². The van der Waals surface area contributed by atoms with E-state index in [4.69, 9.17) is 15.6 Å². The number of amides is 1. The molecule has 1 amide bonds. The van der Waals surface area contributed by atoms with Crippen LogP contribution in [0.15, 0.2) is 54.7 Å². The van der Waals surface area contributed by atoms with Gasteiger partial charge in [-0.1, -0.05) is 29.8 Å². The zero-order valence-corrected chi connectivity index (χ0v) is 17.7. The molecule has 0 bridgehead atoms. The van der Waals surface area contributed by atoms with Crippen LogP contribution in [0, 0.1) is 6.92 Å². The third-order valence-electron chi connectivity index (χ3n) is 4.49. The lowest BCUT2D eigenvalue weighted by Crippen LogP contribution is -2.29. The smallest absolute Gasteiger partial charge is 0.255 e. The van der Waals surface area contributed by atoms with E-state index >= 15 is 0 Å². The second kappa shape index (κ2) is 10.1. The second-order valence-electron chi connectivity index (χ2n) is 6.93. The van der Waals surface area contributed by atoms with Crippen LogP contribution in [0.5, 0.6) is 5.75 Å². The fourth-order valence-corrected chi connectivity index (χ4v) is 2.86. The Morgan fingerprint density at radius 2 is 1.97 bits per heavy atom. The number of ether oxygens (including phenoxy) is 1. The van der Waals surface area contributed by atoms with Gasteiger partial charge in [-0.05, 0) is 44.5 Å². The summed E-state index contributed by atoms with van der Waals surface area (Å²) in [6.07, 6.45) is 2.48. The first kappa shape index (κ1) is 22.5. The van der Waals surface area contributed by atoms with Gasteiger partial charge in [0.25, 0.3) is 5.91 Å². The summed E-state index contributed by atoms with van der Waals surface area (Å²) in [4.78, 5) is 12.8. The Kier molecular flexibility index (Phi) is 7.82. The van der Waals surface area contributed by atoms with Crippen LogP contribution in [-0.4, -0.2) is 35.4 Å². The minimum Gasteiger partial charge on any atom is -0.497 e. The van der Waals surface area contributed by atoms with Crippen LogP contribution in [0.3, 0.4) is 0 Å². The van der Waals surface area contributed by atoms with E-state index in [2.05, 4.69) is 5.32 Å². The number of nitrogens with zero attached hydrogens (tertiary/aromatic N) is 2. The number of aromatic nitrogens is 2. The number of benzene rings is 2. The van der Waals surface area contributed by atoms with Gasteiger partial charge in [-0.25, -0.2) is 4.68 Å². The molecule has 6 nitrogen and oxygen atoms in total. The van der Waals surface area contributed by atoms with Crippen molar-refractivity contribution in [1.29, 1.82) is 0 Å². The molecule has 0 saturated heterocycles. The summed E-state index contributed by atoms with van der Waals surface area (Å²) >= 11 is 0. The van der Waals surface area contributed by atoms with Crippen LogP contribution in [0.25, 0.3) is 16.9 Å². The normalized spacial score (nSPS) is 11.4. The van der Waals surface area contributed by atoms with Gasteiger partial charge >= 0.3 is 0 Å². The second-order valence-corrected chi connectivity index (χ2v) is 6.93. The highest BCUT2D eigenvalue weighted by Gasteiger charge is 2.19. The number of hydrogen-bond donors (Lipinski definition) is 2. The average molecular weight is 415 g/mol. The van der Waals surface area contributed by atoms with E-state index in [1.54, 1.807) is 18.0 Å². The predicted molar refractivity (Wildman–Crippen MR) is 118 cm³/mol. The number of hydrogen-bond acceptors (Lipinski definition) is 4. The van der Waals surface area contributed by atoms with E-state index < -0.39 is 0 Å². The highest BCUT2D eigenvalue weighted by Crippen LogP contribution is 2.27. The first-order chi connectivity index (χ1) is 13.5. The van der Waals surface area contributed by atoms with Gasteiger partial charge < -0.3 is 15.8 Å². The molecule has 3 aromatic rings. The summed E-state index contributed by atoms with van der Waals surface area (Å²) in [5.74, 6) is 0.544. The molecule has 1 atom stereocenters. The molecule has 154 valence electrons. The van der Waals surface area contributed by atoms with Gasteiger partial charge in [0.15, 0.2) is 0 Å². The SMILES string of the molecule is COc1cccc(-c2nn(-c3ccc(C)cc3)cc2C(=O)NCCC(C)N)c1.Cl. The average Bonchev–Trinajstić information content (AvgIpc) is 3.14. The third-order valence-corrected chi connectivity index (χ3v) is 4.49. The number of nitrogens with two attached hydrogens (primary N) is 1. The molecule has 3 rings (SSSR count). The fourth-order valence-electron chi connectivity index (χ4n) is 2.86. The molecule has 0 spiro atoms. The Labute approximate surface area is 177 Å².